The Kier molecular flexibility index (Phi) is 7.48. The molecule has 0 atom stereocenters. The number of rotatable bonds is 7. The molecule has 27 heavy (non-hydrogen) atoms. The molecule has 0 radical (unpaired) electrons. The second-order valence-electron chi connectivity index (χ2n) is 6.05. The van der Waals surface area contributed by atoms with Gasteiger partial charge in [-0.1, -0.05) is 6.07 Å². The van der Waals surface area contributed by atoms with Crippen molar-refractivity contribution in [3.63, 3.8) is 0 Å². The van der Waals surface area contributed by atoms with E-state index < -0.39 is 5.91 Å². The van der Waals surface area contributed by atoms with Crippen LogP contribution in [0.3, 0.4) is 0 Å². The number of hydrogen-bond donors (Lipinski definition) is 2. The number of pyridine rings is 1. The molecule has 0 unspecified atom stereocenters. The minimum Gasteiger partial charge on any atom is -0.483 e. The van der Waals surface area contributed by atoms with Gasteiger partial charge in [-0.25, -0.2) is 10.4 Å². The summed E-state index contributed by atoms with van der Waals surface area (Å²) in [5.74, 6) is 0.376. The third-order valence-corrected chi connectivity index (χ3v) is 4.04. The SMILES string of the molecule is CC(CC(=O)Nc1cc(C)ccn1)=NNC(=O)COc1ccc(C)cc1Br. The first-order valence-corrected chi connectivity index (χ1v) is 9.06. The first-order chi connectivity index (χ1) is 12.8. The molecule has 1 aromatic heterocycles. The predicted molar refractivity (Wildman–Crippen MR) is 108 cm³/mol. The van der Waals surface area contributed by atoms with Crippen molar-refractivity contribution in [3.8, 4) is 5.75 Å². The highest BCUT2D eigenvalue weighted by Gasteiger charge is 2.08. The fourth-order valence-electron chi connectivity index (χ4n) is 2.12. The summed E-state index contributed by atoms with van der Waals surface area (Å²) in [7, 11) is 0. The van der Waals surface area contributed by atoms with Crippen molar-refractivity contribution in [2.45, 2.75) is 27.2 Å². The lowest BCUT2D eigenvalue weighted by Crippen LogP contribution is -2.26. The lowest BCUT2D eigenvalue weighted by atomic mass is 10.2. The highest BCUT2D eigenvalue weighted by Crippen LogP contribution is 2.25. The van der Waals surface area contributed by atoms with E-state index in [0.29, 0.717) is 17.3 Å². The maximum atomic E-state index is 12.0. The molecule has 0 aliphatic rings. The van der Waals surface area contributed by atoms with Gasteiger partial charge in [0.05, 0.1) is 10.9 Å². The molecule has 0 bridgehead atoms. The maximum Gasteiger partial charge on any atom is 0.277 e. The van der Waals surface area contributed by atoms with E-state index in [1.165, 1.54) is 0 Å². The molecule has 8 heteroatoms. The fraction of sp³-hybridized carbons (Fsp3) is 0.263. The Hall–Kier alpha value is -2.74. The quantitative estimate of drug-likeness (QED) is 0.518. The highest BCUT2D eigenvalue weighted by molar-refractivity contribution is 9.10. The molecule has 7 nitrogen and oxygen atoms in total. The second-order valence-corrected chi connectivity index (χ2v) is 6.90. The van der Waals surface area contributed by atoms with Crippen LogP contribution < -0.4 is 15.5 Å². The van der Waals surface area contributed by atoms with Gasteiger partial charge >= 0.3 is 0 Å². The number of carbonyl (C=O) groups excluding carboxylic acids is 2. The molecule has 1 aromatic carbocycles. The van der Waals surface area contributed by atoms with Crippen LogP contribution in [-0.2, 0) is 9.59 Å². The summed E-state index contributed by atoms with van der Waals surface area (Å²) in [6, 6.07) is 9.19. The van der Waals surface area contributed by atoms with E-state index in [9.17, 15) is 9.59 Å². The lowest BCUT2D eigenvalue weighted by molar-refractivity contribution is -0.123. The Morgan fingerprint density at radius 2 is 1.89 bits per heavy atom. The molecule has 2 aromatic rings. The molecular formula is C19H21BrN4O3. The number of carbonyl (C=O) groups is 2. The van der Waals surface area contributed by atoms with Crippen LogP contribution in [0.15, 0.2) is 46.1 Å². The number of hydrogen-bond acceptors (Lipinski definition) is 5. The zero-order chi connectivity index (χ0) is 19.8. The zero-order valence-corrected chi connectivity index (χ0v) is 17.0. The highest BCUT2D eigenvalue weighted by atomic mass is 79.9. The van der Waals surface area contributed by atoms with Gasteiger partial charge in [-0.15, -0.1) is 0 Å². The molecule has 1 heterocycles. The van der Waals surface area contributed by atoms with Crippen LogP contribution in [0.25, 0.3) is 0 Å². The van der Waals surface area contributed by atoms with Crippen LogP contribution in [0, 0.1) is 13.8 Å². The van der Waals surface area contributed by atoms with Crippen LogP contribution >= 0.6 is 15.9 Å². The molecule has 2 amide bonds. The minimum atomic E-state index is -0.414. The third-order valence-electron chi connectivity index (χ3n) is 3.42. The molecule has 0 saturated heterocycles. The van der Waals surface area contributed by atoms with E-state index in [1.54, 1.807) is 25.3 Å². The van der Waals surface area contributed by atoms with Gasteiger partial charge in [0.25, 0.3) is 5.91 Å². The number of nitrogens with one attached hydrogen (secondary N) is 2. The molecule has 0 aliphatic heterocycles. The summed E-state index contributed by atoms with van der Waals surface area (Å²) in [4.78, 5) is 27.9. The average molecular weight is 433 g/mol. The number of anilines is 1. The van der Waals surface area contributed by atoms with E-state index in [2.05, 4.69) is 36.8 Å². The fourth-order valence-corrected chi connectivity index (χ4v) is 2.73. The van der Waals surface area contributed by atoms with Crippen LogP contribution in [0.4, 0.5) is 5.82 Å². The molecule has 142 valence electrons. The van der Waals surface area contributed by atoms with Crippen molar-refractivity contribution in [3.05, 3.63) is 52.1 Å². The van der Waals surface area contributed by atoms with Crippen molar-refractivity contribution < 1.29 is 14.3 Å². The summed E-state index contributed by atoms with van der Waals surface area (Å²) in [5, 5.41) is 6.60. The van der Waals surface area contributed by atoms with E-state index >= 15 is 0 Å². The van der Waals surface area contributed by atoms with Crippen LogP contribution in [-0.4, -0.2) is 29.1 Å². The van der Waals surface area contributed by atoms with Gasteiger partial charge in [0.15, 0.2) is 6.61 Å². The van der Waals surface area contributed by atoms with Crippen LogP contribution in [0.5, 0.6) is 5.75 Å². The van der Waals surface area contributed by atoms with Crippen molar-refractivity contribution >= 4 is 39.3 Å². The molecule has 2 N–H and O–H groups in total. The number of amides is 2. The molecule has 2 rings (SSSR count). The number of nitrogens with zero attached hydrogens (tertiary/aromatic N) is 2. The summed E-state index contributed by atoms with van der Waals surface area (Å²) in [6.45, 7) is 5.35. The van der Waals surface area contributed by atoms with Gasteiger partial charge in [0.2, 0.25) is 5.91 Å². The number of halogens is 1. The first-order valence-electron chi connectivity index (χ1n) is 8.27. The van der Waals surface area contributed by atoms with Gasteiger partial charge in [-0.3, -0.25) is 9.59 Å². The Balaban J connectivity index is 1.78. The Morgan fingerprint density at radius 1 is 1.15 bits per heavy atom. The number of aryl methyl sites for hydroxylation is 2. The third kappa shape index (κ3) is 7.18. The molecule has 0 spiro atoms. The molecule has 0 saturated carbocycles. The largest absolute Gasteiger partial charge is 0.483 e. The molecular weight excluding hydrogens is 412 g/mol. The Morgan fingerprint density at radius 3 is 2.59 bits per heavy atom. The van der Waals surface area contributed by atoms with Crippen molar-refractivity contribution in [1.29, 1.82) is 0 Å². The topological polar surface area (TPSA) is 92.7 Å². The molecule has 0 fully saturated rings. The number of aromatic nitrogens is 1. The normalized spacial score (nSPS) is 11.0. The predicted octanol–water partition coefficient (Wildman–Crippen LogP) is 3.36. The summed E-state index contributed by atoms with van der Waals surface area (Å²) < 4.78 is 6.22. The van der Waals surface area contributed by atoms with E-state index in [0.717, 1.165) is 15.6 Å². The van der Waals surface area contributed by atoms with Gasteiger partial charge in [-0.05, 0) is 72.1 Å². The van der Waals surface area contributed by atoms with Crippen molar-refractivity contribution in [2.24, 2.45) is 5.10 Å². The Labute approximate surface area is 166 Å². The monoisotopic (exact) mass is 432 g/mol. The second kappa shape index (κ2) is 9.82. The summed E-state index contributed by atoms with van der Waals surface area (Å²) >= 11 is 3.38. The van der Waals surface area contributed by atoms with Crippen molar-refractivity contribution in [1.82, 2.24) is 10.4 Å². The zero-order valence-electron chi connectivity index (χ0n) is 15.4. The lowest BCUT2D eigenvalue weighted by Gasteiger charge is -2.08. The van der Waals surface area contributed by atoms with Gasteiger partial charge in [-0.2, -0.15) is 5.10 Å². The smallest absolute Gasteiger partial charge is 0.277 e. The van der Waals surface area contributed by atoms with Gasteiger partial charge in [0, 0.05) is 11.9 Å². The van der Waals surface area contributed by atoms with E-state index in [4.69, 9.17) is 4.74 Å². The van der Waals surface area contributed by atoms with E-state index in [-0.39, 0.29) is 18.9 Å². The van der Waals surface area contributed by atoms with Crippen LogP contribution in [0.2, 0.25) is 0 Å². The maximum absolute atomic E-state index is 12.0. The minimum absolute atomic E-state index is 0.0419. The summed E-state index contributed by atoms with van der Waals surface area (Å²) in [5.41, 5.74) is 4.92. The van der Waals surface area contributed by atoms with Crippen molar-refractivity contribution in [2.75, 3.05) is 11.9 Å². The standard InChI is InChI=1S/C19H21BrN4O3/c1-12-4-5-16(15(20)8-12)27-11-19(26)24-23-14(3)10-18(25)22-17-9-13(2)6-7-21-17/h4-9H,10-11H2,1-3H3,(H,24,26)(H,21,22,25). The van der Waals surface area contributed by atoms with Gasteiger partial charge in [0.1, 0.15) is 11.6 Å². The Bertz CT molecular complexity index is 868. The molecule has 0 aliphatic carbocycles. The first kappa shape index (κ1) is 20.6. The van der Waals surface area contributed by atoms with E-state index in [1.807, 2.05) is 32.0 Å². The number of hydrazone groups is 1. The average Bonchev–Trinajstić information content (AvgIpc) is 2.59. The van der Waals surface area contributed by atoms with Crippen LogP contribution in [0.1, 0.15) is 24.5 Å². The summed E-state index contributed by atoms with van der Waals surface area (Å²) in [6.07, 6.45) is 1.67. The number of benzene rings is 1. The number of ether oxygens (including phenoxy) is 1. The van der Waals surface area contributed by atoms with Gasteiger partial charge < -0.3 is 10.1 Å².